The third-order valence-corrected chi connectivity index (χ3v) is 5.28. The van der Waals surface area contributed by atoms with Gasteiger partial charge >= 0.3 is 0 Å². The number of nitrogens with two attached hydrogens (primary N) is 1. The van der Waals surface area contributed by atoms with Gasteiger partial charge in [0.05, 0.1) is 6.04 Å². The first kappa shape index (κ1) is 24.8. The number of nitrogens with zero attached hydrogens (tertiary/aromatic N) is 1. The number of carbonyl (C=O) groups is 2. The number of amides is 2. The number of aliphatic hydroxyl groups is 1. The second-order valence-electron chi connectivity index (χ2n) is 8.24. The van der Waals surface area contributed by atoms with E-state index in [1.165, 1.54) is 4.90 Å². The highest BCUT2D eigenvalue weighted by Crippen LogP contribution is 2.27. The minimum atomic E-state index is -1.14. The average molecular weight is 430 g/mol. The van der Waals surface area contributed by atoms with Crippen molar-refractivity contribution < 1.29 is 14.7 Å². The van der Waals surface area contributed by atoms with Crippen LogP contribution in [0.5, 0.6) is 0 Å². The zero-order valence-corrected chi connectivity index (χ0v) is 18.7. The number of hydrogen-bond donors (Lipinski definition) is 3. The van der Waals surface area contributed by atoms with Gasteiger partial charge in [-0.1, -0.05) is 38.4 Å². The number of likely N-dealkylation sites (tertiary alicyclic amines) is 1. The molecule has 8 heteroatoms. The molecule has 2 amide bonds. The fraction of sp³-hybridized carbons (Fsp3) is 0.600. The van der Waals surface area contributed by atoms with E-state index in [1.807, 2.05) is 13.0 Å². The molecule has 158 valence electrons. The summed E-state index contributed by atoms with van der Waals surface area (Å²) >= 11 is 6.09. The van der Waals surface area contributed by atoms with Gasteiger partial charge in [0.2, 0.25) is 5.91 Å². The van der Waals surface area contributed by atoms with Gasteiger partial charge < -0.3 is 21.1 Å². The fourth-order valence-corrected chi connectivity index (χ4v) is 3.55. The summed E-state index contributed by atoms with van der Waals surface area (Å²) in [5.41, 5.74) is 6.99. The van der Waals surface area contributed by atoms with Crippen LogP contribution in [-0.2, 0) is 16.1 Å². The Morgan fingerprint density at radius 1 is 1.39 bits per heavy atom. The molecule has 0 radical (unpaired) electrons. The Labute approximate surface area is 179 Å². The number of halogens is 1. The van der Waals surface area contributed by atoms with Crippen LogP contribution in [0, 0.1) is 5.41 Å². The van der Waals surface area contributed by atoms with Gasteiger partial charge in [0.15, 0.2) is 0 Å². The Bertz CT molecular complexity index is 708. The SMILES string of the molecule is CC(NC(=O)C1CCCN1C(=O)C(O)C(C)(C)C)c1cc(Cl)ccc1CN.S. The van der Waals surface area contributed by atoms with Crippen molar-refractivity contribution in [1.29, 1.82) is 0 Å². The van der Waals surface area contributed by atoms with E-state index in [-0.39, 0.29) is 25.4 Å². The number of nitrogens with one attached hydrogen (secondary N) is 1. The molecule has 0 saturated carbocycles. The van der Waals surface area contributed by atoms with Crippen molar-refractivity contribution in [3.8, 4) is 0 Å². The largest absolute Gasteiger partial charge is 0.383 e. The molecule has 3 unspecified atom stereocenters. The molecule has 1 aliphatic rings. The summed E-state index contributed by atoms with van der Waals surface area (Å²) in [5, 5.41) is 13.9. The Hall–Kier alpha value is -1.28. The second-order valence-corrected chi connectivity index (χ2v) is 8.67. The summed E-state index contributed by atoms with van der Waals surface area (Å²) in [4.78, 5) is 27.0. The molecule has 0 bridgehead atoms. The van der Waals surface area contributed by atoms with Crippen LogP contribution < -0.4 is 11.1 Å². The van der Waals surface area contributed by atoms with Crippen molar-refractivity contribution in [1.82, 2.24) is 10.2 Å². The van der Waals surface area contributed by atoms with Crippen molar-refractivity contribution in [2.45, 2.75) is 65.3 Å². The molecular weight excluding hydrogens is 398 g/mol. The molecule has 3 atom stereocenters. The standard InChI is InChI=1S/C20H30ClN3O3.H2S/c1-12(15-10-14(21)8-7-13(15)11-22)23-18(26)16-6-5-9-24(16)19(27)17(25)20(2,3)4;/h7-8,10,12,16-17,25H,5-6,9,11,22H2,1-4H3,(H,23,26);1H2. The summed E-state index contributed by atoms with van der Waals surface area (Å²) in [6, 6.07) is 4.56. The molecular formula is C20H32ClN3O3S. The Morgan fingerprint density at radius 3 is 2.61 bits per heavy atom. The van der Waals surface area contributed by atoms with E-state index in [0.717, 1.165) is 17.5 Å². The van der Waals surface area contributed by atoms with E-state index in [2.05, 4.69) is 5.32 Å². The minimum absolute atomic E-state index is 0. The Balaban J connectivity index is 0.00000392. The summed E-state index contributed by atoms with van der Waals surface area (Å²) in [7, 11) is 0. The summed E-state index contributed by atoms with van der Waals surface area (Å²) in [6.45, 7) is 8.10. The molecule has 1 aromatic rings. The van der Waals surface area contributed by atoms with Crippen LogP contribution in [0.15, 0.2) is 18.2 Å². The van der Waals surface area contributed by atoms with Crippen molar-refractivity contribution in [2.24, 2.45) is 11.1 Å². The number of rotatable bonds is 5. The van der Waals surface area contributed by atoms with Gasteiger partial charge in [0.25, 0.3) is 5.91 Å². The maximum absolute atomic E-state index is 12.8. The third-order valence-electron chi connectivity index (χ3n) is 5.05. The lowest BCUT2D eigenvalue weighted by molar-refractivity contribution is -0.150. The summed E-state index contributed by atoms with van der Waals surface area (Å²) in [5.74, 6) is -0.615. The van der Waals surface area contributed by atoms with Crippen LogP contribution in [0.25, 0.3) is 0 Å². The highest BCUT2D eigenvalue weighted by atomic mass is 35.5. The van der Waals surface area contributed by atoms with Crippen molar-refractivity contribution in [3.05, 3.63) is 34.3 Å². The van der Waals surface area contributed by atoms with Gasteiger partial charge in [-0.05, 0) is 48.4 Å². The highest BCUT2D eigenvalue weighted by Gasteiger charge is 2.40. The lowest BCUT2D eigenvalue weighted by Crippen LogP contribution is -2.52. The number of benzene rings is 1. The first-order valence-corrected chi connectivity index (χ1v) is 9.71. The molecule has 0 aliphatic carbocycles. The van der Waals surface area contributed by atoms with Crippen LogP contribution in [0.2, 0.25) is 5.02 Å². The normalized spacial score (nSPS) is 19.0. The average Bonchev–Trinajstić information content (AvgIpc) is 3.09. The van der Waals surface area contributed by atoms with E-state index < -0.39 is 23.5 Å². The highest BCUT2D eigenvalue weighted by molar-refractivity contribution is 7.59. The maximum atomic E-state index is 12.8. The van der Waals surface area contributed by atoms with E-state index in [4.69, 9.17) is 17.3 Å². The molecule has 2 rings (SSSR count). The number of aliphatic hydroxyl groups excluding tert-OH is 1. The van der Waals surface area contributed by atoms with Gasteiger partial charge in [-0.2, -0.15) is 13.5 Å². The number of carbonyl (C=O) groups excluding carboxylic acids is 2. The summed E-state index contributed by atoms with van der Waals surface area (Å²) < 4.78 is 0. The van der Waals surface area contributed by atoms with Crippen LogP contribution in [0.3, 0.4) is 0 Å². The van der Waals surface area contributed by atoms with Crippen LogP contribution in [0.1, 0.15) is 57.7 Å². The predicted molar refractivity (Wildman–Crippen MR) is 116 cm³/mol. The van der Waals surface area contributed by atoms with Gasteiger partial charge in [-0.25, -0.2) is 0 Å². The van der Waals surface area contributed by atoms with Crippen molar-refractivity contribution >= 4 is 36.9 Å². The van der Waals surface area contributed by atoms with Crippen LogP contribution >= 0.6 is 25.1 Å². The first-order valence-electron chi connectivity index (χ1n) is 9.33. The predicted octanol–water partition coefficient (Wildman–Crippen LogP) is 2.49. The Kier molecular flexibility index (Phi) is 8.81. The van der Waals surface area contributed by atoms with Gasteiger partial charge in [0.1, 0.15) is 12.1 Å². The monoisotopic (exact) mass is 429 g/mol. The van der Waals surface area contributed by atoms with E-state index in [1.54, 1.807) is 32.9 Å². The first-order chi connectivity index (χ1) is 12.6. The lowest BCUT2D eigenvalue weighted by atomic mass is 9.88. The molecule has 6 nitrogen and oxygen atoms in total. The summed E-state index contributed by atoms with van der Waals surface area (Å²) in [6.07, 6.45) is 0.181. The zero-order valence-electron chi connectivity index (χ0n) is 17.0. The van der Waals surface area contributed by atoms with E-state index in [9.17, 15) is 14.7 Å². The molecule has 1 saturated heterocycles. The smallest absolute Gasteiger partial charge is 0.252 e. The number of hydrogen-bond acceptors (Lipinski definition) is 4. The van der Waals surface area contributed by atoms with Gasteiger partial charge in [0, 0.05) is 18.1 Å². The lowest BCUT2D eigenvalue weighted by Gasteiger charge is -2.32. The molecule has 1 fully saturated rings. The zero-order chi connectivity index (χ0) is 20.4. The molecule has 1 aliphatic heterocycles. The van der Waals surface area contributed by atoms with Crippen LogP contribution in [-0.4, -0.2) is 40.5 Å². The molecule has 1 aromatic carbocycles. The molecule has 1 heterocycles. The molecule has 0 aromatic heterocycles. The molecule has 28 heavy (non-hydrogen) atoms. The van der Waals surface area contributed by atoms with Crippen LogP contribution in [0.4, 0.5) is 0 Å². The van der Waals surface area contributed by atoms with Crippen molar-refractivity contribution in [2.75, 3.05) is 6.54 Å². The minimum Gasteiger partial charge on any atom is -0.383 e. The van der Waals surface area contributed by atoms with Crippen molar-refractivity contribution in [3.63, 3.8) is 0 Å². The fourth-order valence-electron chi connectivity index (χ4n) is 3.37. The van der Waals surface area contributed by atoms with E-state index >= 15 is 0 Å². The van der Waals surface area contributed by atoms with E-state index in [0.29, 0.717) is 24.5 Å². The maximum Gasteiger partial charge on any atom is 0.252 e. The van der Waals surface area contributed by atoms with Gasteiger partial charge in [-0.3, -0.25) is 9.59 Å². The third kappa shape index (κ3) is 5.63. The molecule has 0 spiro atoms. The molecule has 4 N–H and O–H groups in total. The topological polar surface area (TPSA) is 95.7 Å². The van der Waals surface area contributed by atoms with Gasteiger partial charge in [-0.15, -0.1) is 0 Å². The second kappa shape index (κ2) is 9.96. The Morgan fingerprint density at radius 2 is 2.04 bits per heavy atom. The quantitative estimate of drug-likeness (QED) is 0.670.